The molecule has 0 saturated carbocycles. The van der Waals surface area contributed by atoms with Crippen molar-refractivity contribution in [1.82, 2.24) is 94.2 Å². The highest BCUT2D eigenvalue weighted by atomic mass is 79.9. The summed E-state index contributed by atoms with van der Waals surface area (Å²) in [4.78, 5) is 89.8. The van der Waals surface area contributed by atoms with E-state index < -0.39 is 47.2 Å². The molecule has 0 amide bonds. The van der Waals surface area contributed by atoms with Crippen LogP contribution in [-0.4, -0.2) is 128 Å². The summed E-state index contributed by atoms with van der Waals surface area (Å²) in [5.74, 6) is -1.43. The molecule has 2 saturated heterocycles. The molecule has 23 nitrogen and oxygen atoms in total. The lowest BCUT2D eigenvalue weighted by atomic mass is 9.89. The van der Waals surface area contributed by atoms with Crippen LogP contribution in [0.1, 0.15) is 99.0 Å². The number of alkyl halides is 6. The number of para-hydroxylation sites is 6. The molecule has 11 heterocycles. The third-order valence-electron chi connectivity index (χ3n) is 23.1. The quantitative estimate of drug-likeness (QED) is 0.0323. The Morgan fingerprint density at radius 1 is 0.412 bits per heavy atom. The van der Waals surface area contributed by atoms with E-state index in [9.17, 15) is 67.5 Å². The largest absolute Gasteiger partial charge is 0.416 e. The molecule has 1 atom stereocenters. The number of imidazole rings is 4. The molecule has 18 aromatic rings. The number of aromatic amines is 8. The fraction of sp³-hybridized carbons (Fsp3) is 0.211. The predicted molar refractivity (Wildman–Crippen MR) is 480 cm³/mol. The van der Waals surface area contributed by atoms with Crippen LogP contribution in [0.2, 0.25) is 5.02 Å². The van der Waals surface area contributed by atoms with Crippen molar-refractivity contribution in [3.8, 4) is 46.3 Å². The first-order valence-electron chi connectivity index (χ1n) is 42.0. The number of aryl methyl sites for hydroxylation is 3. The molecule has 9 aromatic carbocycles. The van der Waals surface area contributed by atoms with E-state index in [1.54, 1.807) is 73.1 Å². The SMILES string of the molecule is O=c1c(CCc2ccc(F)cc2)c(-c2ccc(C(F)(F)F)cc2)[nH]n1-c1nc2ccc(Cl)cc2[nH]1.O=c1c(CCc2ccc(F)cc2)c(-c2cncc(Br)c2)[nH]n1-c1nc2ccccc2[nH]1.O=c1c(CCc2ccc(F)cc2)c(C2CCCNC2)[nH]n1-c1nc2ccccc2[nH]1.O=c1c(Cc2ccc(F)c(F)c2)c(C2CCN(CC(F)(F)F)CC2)[nH]n1-c1nc2ccccc2[nH]1. The second-order valence-electron chi connectivity index (χ2n) is 31.9. The average molecular weight is 1880 g/mol. The van der Waals surface area contributed by atoms with Gasteiger partial charge in [0.25, 0.3) is 22.2 Å². The summed E-state index contributed by atoms with van der Waals surface area (Å²) in [6, 6.07) is 56.3. The second kappa shape index (κ2) is 38.3. The number of rotatable bonds is 20. The smallest absolute Gasteiger partial charge is 0.322 e. The van der Waals surface area contributed by atoms with E-state index in [-0.39, 0.29) is 78.2 Å². The van der Waals surface area contributed by atoms with E-state index >= 15 is 0 Å². The van der Waals surface area contributed by atoms with Gasteiger partial charge in [-0.25, -0.2) is 41.9 Å². The minimum atomic E-state index is -4.47. The molecule has 0 spiro atoms. The van der Waals surface area contributed by atoms with E-state index in [2.05, 4.69) is 86.5 Å². The lowest BCUT2D eigenvalue weighted by molar-refractivity contribution is -0.148. The van der Waals surface area contributed by atoms with Crippen LogP contribution in [0.5, 0.6) is 0 Å². The number of fused-ring (bicyclic) bond motifs is 4. The minimum Gasteiger partial charge on any atom is -0.322 e. The maximum atomic E-state index is 13.8. The van der Waals surface area contributed by atoms with Crippen molar-refractivity contribution >= 4 is 71.7 Å². The lowest BCUT2D eigenvalue weighted by Crippen LogP contribution is -2.39. The summed E-state index contributed by atoms with van der Waals surface area (Å²) in [5.41, 5.74) is 13.2. The van der Waals surface area contributed by atoms with Crippen LogP contribution in [0.4, 0.5) is 48.3 Å². The second-order valence-corrected chi connectivity index (χ2v) is 33.3. The Morgan fingerprint density at radius 3 is 1.31 bits per heavy atom. The molecule has 670 valence electrons. The van der Waals surface area contributed by atoms with Gasteiger partial charge in [-0.15, -0.1) is 0 Å². The molecule has 0 bridgehead atoms. The Hall–Kier alpha value is -14.0. The van der Waals surface area contributed by atoms with Crippen molar-refractivity contribution in [2.24, 2.45) is 0 Å². The van der Waals surface area contributed by atoms with E-state index in [1.807, 2.05) is 72.8 Å². The van der Waals surface area contributed by atoms with E-state index in [0.29, 0.717) is 123 Å². The number of nitrogens with zero attached hydrogens (tertiary/aromatic N) is 10. The zero-order valence-electron chi connectivity index (χ0n) is 69.3. The Labute approximate surface area is 750 Å². The van der Waals surface area contributed by atoms with Gasteiger partial charge < -0.3 is 25.3 Å². The zero-order chi connectivity index (χ0) is 91.4. The van der Waals surface area contributed by atoms with Crippen molar-refractivity contribution < 1.29 is 48.3 Å². The van der Waals surface area contributed by atoms with E-state index in [1.165, 1.54) is 78.2 Å². The van der Waals surface area contributed by atoms with Crippen molar-refractivity contribution in [2.75, 3.05) is 32.7 Å². The first-order valence-corrected chi connectivity index (χ1v) is 43.1. The lowest BCUT2D eigenvalue weighted by Gasteiger charge is -2.32. The molecule has 9 N–H and O–H groups in total. The number of piperidine rings is 2. The first kappa shape index (κ1) is 89.0. The molecule has 131 heavy (non-hydrogen) atoms. The van der Waals surface area contributed by atoms with Gasteiger partial charge in [0.05, 0.1) is 67.6 Å². The highest BCUT2D eigenvalue weighted by Crippen LogP contribution is 2.36. The molecule has 2 aliphatic heterocycles. The van der Waals surface area contributed by atoms with Crippen LogP contribution in [-0.2, 0) is 51.1 Å². The van der Waals surface area contributed by atoms with Crippen molar-refractivity contribution in [3.05, 3.63) is 366 Å². The Kier molecular flexibility index (Phi) is 26.0. The molecule has 1 unspecified atom stereocenters. The first-order chi connectivity index (χ1) is 63.1. The molecule has 20 rings (SSSR count). The third kappa shape index (κ3) is 20.5. The molecule has 2 aliphatic rings. The molecule has 0 aliphatic carbocycles. The summed E-state index contributed by atoms with van der Waals surface area (Å²) in [6.07, 6.45) is 0.709. The summed E-state index contributed by atoms with van der Waals surface area (Å²) < 4.78 is 151. The van der Waals surface area contributed by atoms with Crippen molar-refractivity contribution in [3.63, 3.8) is 0 Å². The maximum absolute atomic E-state index is 13.8. The van der Waals surface area contributed by atoms with Gasteiger partial charge in [0, 0.05) is 85.9 Å². The van der Waals surface area contributed by atoms with Gasteiger partial charge in [0.1, 0.15) is 17.5 Å². The molecule has 36 heteroatoms. The summed E-state index contributed by atoms with van der Waals surface area (Å²) in [7, 11) is 0. The molecule has 0 radical (unpaired) electrons. The number of hydrogen-bond donors (Lipinski definition) is 9. The van der Waals surface area contributed by atoms with Crippen LogP contribution >= 0.6 is 27.5 Å². The van der Waals surface area contributed by atoms with Gasteiger partial charge in [0.2, 0.25) is 23.8 Å². The van der Waals surface area contributed by atoms with Gasteiger partial charge in [-0.2, -0.15) is 45.1 Å². The summed E-state index contributed by atoms with van der Waals surface area (Å²) in [6.45, 7) is 1.34. The van der Waals surface area contributed by atoms with Gasteiger partial charge >= 0.3 is 12.4 Å². The van der Waals surface area contributed by atoms with Crippen LogP contribution < -0.4 is 27.6 Å². The standard InChI is InChI=1S/C25H17ClF4N4O.C24H22F5N5O.C23H17BrFN5O.C23H24FN5O/c26-17-8-12-20-21(13-17)32-24(31-20)34-23(35)19(11-3-14-1-9-18(27)10-2-14)22(33-34)15-4-6-16(7-5-15)25(28,29)30;25-17-6-5-14(12-18(17)26)11-16-21(15-7-9-33(10-8-15)13-24(27,28)29)32-34(22(16)35)23-30-19-3-1-2-4-20(19)31-23;24-16-11-15(12-26-13-16)21-18(10-7-14-5-8-17(25)9-6-14)22(31)30(29-21)23-27-19-3-1-2-4-20(19)28-23;24-17-10-7-15(8-11-17)9-12-18-21(16-4-3-13-25-14-16)28-29(22(18)30)23-26-19-5-1-2-6-20(19)27-23/h1-2,4-10,12-13,33H,3,11H2,(H,31,32);1-6,12,15,32H,7-11,13H2,(H,30,31);1-6,8-9,11-13,29H,7,10H2,(H,27,28);1-2,5-8,10-11,16,25,28H,3-4,9,12-14H2,(H,26,27). The highest BCUT2D eigenvalue weighted by Gasteiger charge is 2.36. The van der Waals surface area contributed by atoms with Gasteiger partial charge in [0.15, 0.2) is 11.6 Å². The Bertz CT molecular complexity index is 7270. The van der Waals surface area contributed by atoms with Crippen molar-refractivity contribution in [2.45, 2.75) is 94.8 Å². The zero-order valence-corrected chi connectivity index (χ0v) is 71.7. The van der Waals surface area contributed by atoms with Crippen LogP contribution in [0, 0.1) is 29.1 Å². The van der Waals surface area contributed by atoms with E-state index in [0.717, 1.165) is 116 Å². The number of halogens is 13. The fourth-order valence-electron chi connectivity index (χ4n) is 16.5. The maximum Gasteiger partial charge on any atom is 0.416 e. The van der Waals surface area contributed by atoms with Crippen LogP contribution in [0.3, 0.4) is 0 Å². The Morgan fingerprint density at radius 2 is 0.847 bits per heavy atom. The molecule has 2 fully saturated rings. The number of benzene rings is 9. The third-order valence-corrected chi connectivity index (χ3v) is 23.8. The van der Waals surface area contributed by atoms with Gasteiger partial charge in [-0.1, -0.05) is 103 Å². The minimum absolute atomic E-state index is 0.0395. The fourth-order valence-corrected chi connectivity index (χ4v) is 17.0. The topological polar surface area (TPSA) is 294 Å². The number of H-pyrrole nitrogens is 8. The summed E-state index contributed by atoms with van der Waals surface area (Å²) in [5, 5.41) is 16.6. The van der Waals surface area contributed by atoms with Crippen molar-refractivity contribution in [1.29, 1.82) is 0 Å². The molecular formula is C95H80BrClF11N19O4. The van der Waals surface area contributed by atoms with Gasteiger partial charge in [-0.3, -0.25) is 49.5 Å². The summed E-state index contributed by atoms with van der Waals surface area (Å²) >= 11 is 9.49. The normalized spacial score (nSPS) is 13.9. The number of likely N-dealkylation sites (tertiary alicyclic amines) is 1. The monoisotopic (exact) mass is 1870 g/mol. The average Bonchev–Trinajstić information content (AvgIpc) is 1.65. The number of aromatic nitrogens is 17. The number of nitrogens with one attached hydrogen (secondary N) is 9. The van der Waals surface area contributed by atoms with Gasteiger partial charge in [-0.05, 0) is 249 Å². The van der Waals surface area contributed by atoms with Crippen LogP contribution in [0.15, 0.2) is 248 Å². The Balaban J connectivity index is 0.000000122. The number of hydrogen-bond acceptors (Lipinski definition) is 11. The predicted octanol–water partition coefficient (Wildman–Crippen LogP) is 19.2. The highest BCUT2D eigenvalue weighted by molar-refractivity contribution is 9.10. The molecule has 9 aromatic heterocycles. The van der Waals surface area contributed by atoms with E-state index in [4.69, 9.17) is 11.6 Å². The van der Waals surface area contributed by atoms with Crippen LogP contribution in [0.25, 0.3) is 90.4 Å². The number of pyridine rings is 1. The molecular weight excluding hydrogens is 1800 g/mol.